The summed E-state index contributed by atoms with van der Waals surface area (Å²) < 4.78 is 0. The molecule has 0 spiro atoms. The molecule has 19 heavy (non-hydrogen) atoms. The van der Waals surface area contributed by atoms with Gasteiger partial charge in [0.25, 0.3) is 0 Å². The van der Waals surface area contributed by atoms with E-state index in [9.17, 15) is 9.59 Å². The van der Waals surface area contributed by atoms with Gasteiger partial charge in [0.2, 0.25) is 5.91 Å². The van der Waals surface area contributed by atoms with Crippen molar-refractivity contribution in [3.05, 3.63) is 29.8 Å². The fraction of sp³-hybridized carbons (Fsp3) is 0.429. The highest BCUT2D eigenvalue weighted by Gasteiger charge is 2.27. The lowest BCUT2D eigenvalue weighted by Crippen LogP contribution is -2.23. The lowest BCUT2D eigenvalue weighted by Gasteiger charge is -2.11. The molecule has 102 valence electrons. The van der Waals surface area contributed by atoms with Crippen LogP contribution in [-0.2, 0) is 16.0 Å². The van der Waals surface area contributed by atoms with Gasteiger partial charge in [-0.1, -0.05) is 12.1 Å². The summed E-state index contributed by atoms with van der Waals surface area (Å²) in [7, 11) is 0. The van der Waals surface area contributed by atoms with Crippen molar-refractivity contribution in [2.24, 2.45) is 11.7 Å². The van der Waals surface area contributed by atoms with Crippen molar-refractivity contribution in [1.82, 2.24) is 0 Å². The number of rotatable bonds is 4. The summed E-state index contributed by atoms with van der Waals surface area (Å²) in [4.78, 5) is 22.7. The van der Waals surface area contributed by atoms with Crippen molar-refractivity contribution < 1.29 is 14.7 Å². The second kappa shape index (κ2) is 5.84. The first-order chi connectivity index (χ1) is 9.04. The van der Waals surface area contributed by atoms with E-state index in [1.807, 2.05) is 0 Å². The van der Waals surface area contributed by atoms with Crippen molar-refractivity contribution in [2.75, 3.05) is 5.32 Å². The van der Waals surface area contributed by atoms with Crippen molar-refractivity contribution in [3.8, 4) is 0 Å². The highest BCUT2D eigenvalue weighted by Crippen LogP contribution is 2.25. The standard InChI is InChI=1S/C14H18N2O3/c15-11-5-4-10(8-11)14(19)16-12-3-1-2-9(6-12)7-13(17)18/h1-3,6,10-11H,4-5,7-8,15H2,(H,16,19)(H,17,18). The van der Waals surface area contributed by atoms with E-state index in [1.165, 1.54) is 0 Å². The molecule has 1 saturated carbocycles. The molecule has 1 aromatic rings. The maximum Gasteiger partial charge on any atom is 0.307 e. The summed E-state index contributed by atoms with van der Waals surface area (Å²) in [5.41, 5.74) is 7.11. The third kappa shape index (κ3) is 3.79. The van der Waals surface area contributed by atoms with E-state index < -0.39 is 5.97 Å². The smallest absolute Gasteiger partial charge is 0.307 e. The molecule has 5 nitrogen and oxygen atoms in total. The van der Waals surface area contributed by atoms with Gasteiger partial charge in [-0.2, -0.15) is 0 Å². The van der Waals surface area contributed by atoms with Crippen LogP contribution in [0, 0.1) is 5.92 Å². The molecule has 4 N–H and O–H groups in total. The Morgan fingerprint density at radius 1 is 1.37 bits per heavy atom. The Hall–Kier alpha value is -1.88. The van der Waals surface area contributed by atoms with Gasteiger partial charge in [0.1, 0.15) is 0 Å². The first kappa shape index (κ1) is 13.5. The number of carbonyl (C=O) groups is 2. The van der Waals surface area contributed by atoms with E-state index >= 15 is 0 Å². The largest absolute Gasteiger partial charge is 0.481 e. The highest BCUT2D eigenvalue weighted by molar-refractivity contribution is 5.92. The van der Waals surface area contributed by atoms with Gasteiger partial charge in [-0.3, -0.25) is 9.59 Å². The SMILES string of the molecule is NC1CCC(C(=O)Nc2cccc(CC(=O)O)c2)C1. The second-order valence-electron chi connectivity index (χ2n) is 5.03. The molecule has 5 heteroatoms. The van der Waals surface area contributed by atoms with Crippen LogP contribution in [0.1, 0.15) is 24.8 Å². The predicted octanol–water partition coefficient (Wildman–Crippen LogP) is 1.38. The topological polar surface area (TPSA) is 92.4 Å². The zero-order valence-electron chi connectivity index (χ0n) is 10.6. The zero-order chi connectivity index (χ0) is 13.8. The van der Waals surface area contributed by atoms with Crippen LogP contribution >= 0.6 is 0 Å². The molecule has 2 rings (SSSR count). The van der Waals surface area contributed by atoms with E-state index in [-0.39, 0.29) is 24.3 Å². The van der Waals surface area contributed by atoms with Gasteiger partial charge < -0.3 is 16.2 Å². The number of nitrogens with one attached hydrogen (secondary N) is 1. The van der Waals surface area contributed by atoms with Crippen LogP contribution in [0.2, 0.25) is 0 Å². The Morgan fingerprint density at radius 2 is 2.16 bits per heavy atom. The van der Waals surface area contributed by atoms with Crippen LogP contribution in [0.3, 0.4) is 0 Å². The number of aliphatic carboxylic acids is 1. The van der Waals surface area contributed by atoms with Crippen molar-refractivity contribution in [2.45, 2.75) is 31.7 Å². The molecule has 2 atom stereocenters. The molecule has 0 heterocycles. The van der Waals surface area contributed by atoms with Gasteiger partial charge in [0.15, 0.2) is 0 Å². The Kier molecular flexibility index (Phi) is 4.16. The first-order valence-electron chi connectivity index (χ1n) is 6.42. The van der Waals surface area contributed by atoms with E-state index in [2.05, 4.69) is 5.32 Å². The molecule has 1 aromatic carbocycles. The highest BCUT2D eigenvalue weighted by atomic mass is 16.4. The predicted molar refractivity (Wildman–Crippen MR) is 71.7 cm³/mol. The first-order valence-corrected chi connectivity index (χ1v) is 6.42. The normalized spacial score (nSPS) is 22.2. The lowest BCUT2D eigenvalue weighted by atomic mass is 10.1. The van der Waals surface area contributed by atoms with Crippen LogP contribution in [-0.4, -0.2) is 23.0 Å². The van der Waals surface area contributed by atoms with Crippen LogP contribution in [0.25, 0.3) is 0 Å². The number of carboxylic acids is 1. The number of amides is 1. The number of anilines is 1. The Bertz CT molecular complexity index is 487. The maximum absolute atomic E-state index is 12.0. The lowest BCUT2D eigenvalue weighted by molar-refractivity contribution is -0.136. The van der Waals surface area contributed by atoms with Gasteiger partial charge in [-0.15, -0.1) is 0 Å². The minimum atomic E-state index is -0.884. The molecule has 2 unspecified atom stereocenters. The molecule has 1 amide bonds. The molecular weight excluding hydrogens is 244 g/mol. The Labute approximate surface area is 111 Å². The number of hydrogen-bond donors (Lipinski definition) is 3. The van der Waals surface area contributed by atoms with Crippen LogP contribution in [0.4, 0.5) is 5.69 Å². The molecule has 1 aliphatic rings. The average molecular weight is 262 g/mol. The Balaban J connectivity index is 1.98. The molecule has 1 fully saturated rings. The number of carbonyl (C=O) groups excluding carboxylic acids is 1. The second-order valence-corrected chi connectivity index (χ2v) is 5.03. The number of nitrogens with two attached hydrogens (primary N) is 1. The molecule has 0 aromatic heterocycles. The fourth-order valence-electron chi connectivity index (χ4n) is 2.43. The average Bonchev–Trinajstić information content (AvgIpc) is 2.75. The van der Waals surface area contributed by atoms with E-state index in [4.69, 9.17) is 10.8 Å². The maximum atomic E-state index is 12.0. The zero-order valence-corrected chi connectivity index (χ0v) is 10.6. The van der Waals surface area contributed by atoms with Crippen LogP contribution in [0.15, 0.2) is 24.3 Å². The van der Waals surface area contributed by atoms with Crippen molar-refractivity contribution in [3.63, 3.8) is 0 Å². The molecule has 1 aliphatic carbocycles. The summed E-state index contributed by atoms with van der Waals surface area (Å²) >= 11 is 0. The van der Waals surface area contributed by atoms with Gasteiger partial charge in [0.05, 0.1) is 6.42 Å². The summed E-state index contributed by atoms with van der Waals surface area (Å²) in [6.45, 7) is 0. The van der Waals surface area contributed by atoms with Gasteiger partial charge in [-0.05, 0) is 37.0 Å². The quantitative estimate of drug-likeness (QED) is 0.764. The summed E-state index contributed by atoms with van der Waals surface area (Å²) in [5, 5.41) is 11.6. The number of hydrogen-bond acceptors (Lipinski definition) is 3. The monoisotopic (exact) mass is 262 g/mol. The van der Waals surface area contributed by atoms with E-state index in [0.29, 0.717) is 11.3 Å². The Morgan fingerprint density at radius 3 is 2.79 bits per heavy atom. The summed E-state index contributed by atoms with van der Waals surface area (Å²) in [6.07, 6.45) is 2.39. The van der Waals surface area contributed by atoms with Gasteiger partial charge >= 0.3 is 5.97 Å². The van der Waals surface area contributed by atoms with Crippen molar-refractivity contribution >= 4 is 17.6 Å². The van der Waals surface area contributed by atoms with Crippen molar-refractivity contribution in [1.29, 1.82) is 0 Å². The molecule has 0 bridgehead atoms. The number of benzene rings is 1. The van der Waals surface area contributed by atoms with E-state index in [1.54, 1.807) is 24.3 Å². The van der Waals surface area contributed by atoms with Gasteiger partial charge in [0, 0.05) is 17.6 Å². The number of carboxylic acid groups (broad SMARTS) is 1. The van der Waals surface area contributed by atoms with Crippen LogP contribution < -0.4 is 11.1 Å². The fourth-order valence-corrected chi connectivity index (χ4v) is 2.43. The van der Waals surface area contributed by atoms with E-state index in [0.717, 1.165) is 19.3 Å². The third-order valence-corrected chi connectivity index (χ3v) is 3.39. The minimum absolute atomic E-state index is 0.0274. The summed E-state index contributed by atoms with van der Waals surface area (Å²) in [5.74, 6) is -0.941. The molecule has 0 radical (unpaired) electrons. The summed E-state index contributed by atoms with van der Waals surface area (Å²) in [6, 6.07) is 7.05. The molecule has 0 saturated heterocycles. The minimum Gasteiger partial charge on any atom is -0.481 e. The molecular formula is C14H18N2O3. The van der Waals surface area contributed by atoms with Gasteiger partial charge in [-0.25, -0.2) is 0 Å². The van der Waals surface area contributed by atoms with Crippen LogP contribution in [0.5, 0.6) is 0 Å². The third-order valence-electron chi connectivity index (χ3n) is 3.39. The molecule has 0 aliphatic heterocycles.